The van der Waals surface area contributed by atoms with Crippen molar-refractivity contribution < 1.29 is 67.7 Å². The first-order valence-corrected chi connectivity index (χ1v) is 24.6. The fraction of sp³-hybridized carbons (Fsp3) is 0.721. The molecule has 0 spiro atoms. The second-order valence-electron chi connectivity index (χ2n) is 18.0. The van der Waals surface area contributed by atoms with Crippen LogP contribution in [-0.2, 0) is 57.5 Å². The van der Waals surface area contributed by atoms with Crippen molar-refractivity contribution in [2.75, 3.05) is 44.8 Å². The van der Waals surface area contributed by atoms with Crippen LogP contribution in [0.3, 0.4) is 0 Å². The number of carbonyl (C=O) groups is 12. The van der Waals surface area contributed by atoms with Gasteiger partial charge >= 0.3 is 5.97 Å². The first kappa shape index (κ1) is 60.0. The van der Waals surface area contributed by atoms with E-state index >= 15 is 0 Å². The number of thioether (sulfide) groups is 1. The molecule has 0 bridgehead atoms. The predicted molar refractivity (Wildman–Crippen MR) is 252 cm³/mol. The molecular formula is C43H72N12O14S. The van der Waals surface area contributed by atoms with E-state index in [0.717, 1.165) is 0 Å². The second-order valence-corrected chi connectivity index (χ2v) is 18.9. The SMILES string of the molecule is CSCC[C@H](NC(=O)[C@H](CC(C)C)NC(=O)[C@@H]1CCCN1C(=O)[C@@H]1CCCN1C(=O)CNC(=O)[C@@H](N)CCC(N)=O)C(=O)N[C@@H](CO)C(=O)NCC(=O)N[C@@H](CCC(N)=O)C(=O)N[C@H](C(=O)O)C(C)C. The topological polar surface area (TPSA) is 414 Å². The number of carboxylic acid groups (broad SMARTS) is 1. The molecular weight excluding hydrogens is 941 g/mol. The van der Waals surface area contributed by atoms with Gasteiger partial charge in [0.1, 0.15) is 42.3 Å². The summed E-state index contributed by atoms with van der Waals surface area (Å²) in [6, 6.07) is -9.83. The summed E-state index contributed by atoms with van der Waals surface area (Å²) in [5.41, 5.74) is 16.1. The number of hydrogen-bond acceptors (Lipinski definition) is 15. The van der Waals surface area contributed by atoms with Crippen molar-refractivity contribution in [2.24, 2.45) is 29.0 Å². The average Bonchev–Trinajstić information content (AvgIpc) is 4.00. The molecule has 0 unspecified atom stereocenters. The molecule has 2 heterocycles. The van der Waals surface area contributed by atoms with E-state index in [-0.39, 0.29) is 64.0 Å². The van der Waals surface area contributed by atoms with Gasteiger partial charge < -0.3 is 74.4 Å². The maximum absolute atomic E-state index is 14.0. The van der Waals surface area contributed by atoms with Crippen LogP contribution >= 0.6 is 11.8 Å². The zero-order chi connectivity index (χ0) is 52.8. The summed E-state index contributed by atoms with van der Waals surface area (Å²) in [7, 11) is 0. The zero-order valence-electron chi connectivity index (χ0n) is 40.4. The molecule has 11 amide bonds. The van der Waals surface area contributed by atoms with Crippen LogP contribution in [0.15, 0.2) is 0 Å². The molecule has 70 heavy (non-hydrogen) atoms. The number of rotatable bonds is 30. The van der Waals surface area contributed by atoms with Gasteiger partial charge in [-0.3, -0.25) is 52.7 Å². The molecule has 2 fully saturated rings. The maximum atomic E-state index is 14.0. The van der Waals surface area contributed by atoms with E-state index in [2.05, 4.69) is 37.2 Å². The van der Waals surface area contributed by atoms with Gasteiger partial charge in [0.25, 0.3) is 0 Å². The zero-order valence-corrected chi connectivity index (χ0v) is 41.2. The molecule has 8 atom stereocenters. The Balaban J connectivity index is 2.12. The minimum atomic E-state index is -1.63. The Kier molecular flexibility index (Phi) is 25.6. The van der Waals surface area contributed by atoms with Crippen LogP contribution < -0.4 is 54.4 Å². The van der Waals surface area contributed by atoms with E-state index in [0.29, 0.717) is 25.0 Å². The Morgan fingerprint density at radius 3 is 1.76 bits per heavy atom. The van der Waals surface area contributed by atoms with E-state index in [1.54, 1.807) is 34.0 Å². The Morgan fingerprint density at radius 2 is 1.19 bits per heavy atom. The first-order valence-electron chi connectivity index (χ1n) is 23.2. The number of aliphatic hydroxyl groups is 1. The van der Waals surface area contributed by atoms with Crippen molar-refractivity contribution in [1.29, 1.82) is 0 Å². The van der Waals surface area contributed by atoms with Crippen molar-refractivity contribution in [3.8, 4) is 0 Å². The van der Waals surface area contributed by atoms with Crippen LogP contribution in [0, 0.1) is 11.8 Å². The lowest BCUT2D eigenvalue weighted by molar-refractivity contribution is -0.147. The Morgan fingerprint density at radius 1 is 0.643 bits per heavy atom. The van der Waals surface area contributed by atoms with E-state index in [4.69, 9.17) is 17.2 Å². The molecule has 27 heteroatoms. The Hall–Kier alpha value is -6.09. The summed E-state index contributed by atoms with van der Waals surface area (Å²) in [5, 5.41) is 36.6. The summed E-state index contributed by atoms with van der Waals surface area (Å²) < 4.78 is 0. The van der Waals surface area contributed by atoms with Crippen LogP contribution in [0.25, 0.3) is 0 Å². The lowest BCUT2D eigenvalue weighted by Gasteiger charge is -2.32. The number of amides is 11. The van der Waals surface area contributed by atoms with Gasteiger partial charge in [0, 0.05) is 25.9 Å². The standard InChI is InChI=1S/C43H72N12O14S/c1-22(2)18-27(51-41(66)29-8-6-16-55(29)42(67)30-9-7-15-54(30)34(60)20-48-36(61)24(44)10-12-31(45)57)40(65)50-26(14-17-70-5)38(63)52-28(21-56)37(62)47-19-33(59)49-25(11-13-32(46)58)39(64)53-35(23(3)4)43(68)69/h22-30,35,56H,6-21,44H2,1-5H3,(H2,45,57)(H2,46,58)(H,47,62)(H,48,61)(H,49,59)(H,50,65)(H,51,66)(H,52,63)(H,53,64)(H,68,69)/t24-,25-,26-,27-,28-,29-,30-,35-/m0/s1. The number of nitrogens with zero attached hydrogens (tertiary/aromatic N) is 2. The number of primary amides is 2. The molecule has 2 saturated heterocycles. The predicted octanol–water partition coefficient (Wildman–Crippen LogP) is -4.98. The van der Waals surface area contributed by atoms with Gasteiger partial charge in [0.05, 0.1) is 25.7 Å². The quantitative estimate of drug-likeness (QED) is 0.0321. The fourth-order valence-corrected chi connectivity index (χ4v) is 8.18. The molecule has 26 nitrogen and oxygen atoms in total. The third kappa shape index (κ3) is 19.7. The van der Waals surface area contributed by atoms with Gasteiger partial charge in [-0.2, -0.15) is 11.8 Å². The van der Waals surface area contributed by atoms with Crippen LogP contribution in [0.4, 0.5) is 0 Å². The molecule has 0 radical (unpaired) electrons. The lowest BCUT2D eigenvalue weighted by Crippen LogP contribution is -2.59. The maximum Gasteiger partial charge on any atom is 0.326 e. The van der Waals surface area contributed by atoms with Gasteiger partial charge in [0.2, 0.25) is 65.0 Å². The highest BCUT2D eigenvalue weighted by Crippen LogP contribution is 2.25. The minimum absolute atomic E-state index is 0.0142. The summed E-state index contributed by atoms with van der Waals surface area (Å²) in [4.78, 5) is 157. The third-order valence-corrected chi connectivity index (χ3v) is 12.2. The van der Waals surface area contributed by atoms with Crippen molar-refractivity contribution in [2.45, 2.75) is 140 Å². The van der Waals surface area contributed by atoms with Crippen LogP contribution in [0.5, 0.6) is 0 Å². The second kappa shape index (κ2) is 29.8. The summed E-state index contributed by atoms with van der Waals surface area (Å²) in [5.74, 6) is -9.94. The van der Waals surface area contributed by atoms with Gasteiger partial charge in [-0.05, 0) is 75.2 Å². The summed E-state index contributed by atoms with van der Waals surface area (Å²) >= 11 is 1.35. The monoisotopic (exact) mass is 1010 g/mol. The van der Waals surface area contributed by atoms with Crippen molar-refractivity contribution in [3.63, 3.8) is 0 Å². The van der Waals surface area contributed by atoms with Crippen molar-refractivity contribution >= 4 is 82.7 Å². The highest BCUT2D eigenvalue weighted by Gasteiger charge is 2.43. The smallest absolute Gasteiger partial charge is 0.326 e. The van der Waals surface area contributed by atoms with Gasteiger partial charge in [0.15, 0.2) is 0 Å². The number of aliphatic hydroxyl groups excluding tert-OH is 1. The molecule has 0 aliphatic carbocycles. The van der Waals surface area contributed by atoms with E-state index in [1.807, 2.05) is 0 Å². The van der Waals surface area contributed by atoms with E-state index in [1.165, 1.54) is 21.6 Å². The highest BCUT2D eigenvalue weighted by atomic mass is 32.2. The Bertz CT molecular complexity index is 1910. The van der Waals surface area contributed by atoms with Gasteiger partial charge in [-0.1, -0.05) is 27.7 Å². The van der Waals surface area contributed by atoms with Crippen LogP contribution in [0.2, 0.25) is 0 Å². The first-order chi connectivity index (χ1) is 32.9. The van der Waals surface area contributed by atoms with Crippen molar-refractivity contribution in [1.82, 2.24) is 47.0 Å². The Labute approximate surface area is 410 Å². The summed E-state index contributed by atoms with van der Waals surface area (Å²) in [6.45, 7) is 4.96. The van der Waals surface area contributed by atoms with E-state index < -0.39 is 145 Å². The average molecular weight is 1010 g/mol. The van der Waals surface area contributed by atoms with E-state index in [9.17, 15) is 67.7 Å². The van der Waals surface area contributed by atoms with Crippen molar-refractivity contribution in [3.05, 3.63) is 0 Å². The summed E-state index contributed by atoms with van der Waals surface area (Å²) in [6.07, 6.45) is 2.65. The molecule has 0 saturated carbocycles. The normalized spacial score (nSPS) is 18.1. The molecule has 2 aliphatic heterocycles. The number of nitrogens with one attached hydrogen (secondary N) is 7. The highest BCUT2D eigenvalue weighted by molar-refractivity contribution is 7.98. The number of carbonyl (C=O) groups excluding carboxylic acids is 11. The number of aliphatic carboxylic acids is 1. The number of hydrogen-bond donors (Lipinski definition) is 12. The third-order valence-electron chi connectivity index (χ3n) is 11.5. The molecule has 394 valence electrons. The number of nitrogens with two attached hydrogens (primary N) is 3. The number of carboxylic acids is 1. The minimum Gasteiger partial charge on any atom is -0.480 e. The largest absolute Gasteiger partial charge is 0.480 e. The lowest BCUT2D eigenvalue weighted by atomic mass is 10.0. The van der Waals surface area contributed by atoms with Crippen LogP contribution in [0.1, 0.15) is 91.9 Å². The molecule has 2 rings (SSSR count). The van der Waals surface area contributed by atoms with Gasteiger partial charge in [-0.15, -0.1) is 0 Å². The molecule has 15 N–H and O–H groups in total. The fourth-order valence-electron chi connectivity index (χ4n) is 7.71. The molecule has 0 aromatic carbocycles. The molecule has 0 aromatic rings. The molecule has 2 aliphatic rings. The van der Waals surface area contributed by atoms with Gasteiger partial charge in [-0.25, -0.2) is 4.79 Å². The number of likely N-dealkylation sites (tertiary alicyclic amines) is 2. The van der Waals surface area contributed by atoms with Crippen LogP contribution in [-0.4, -0.2) is 184 Å². The molecule has 0 aromatic heterocycles.